The van der Waals surface area contributed by atoms with E-state index in [1.165, 1.54) is 12.0 Å². The molecule has 0 saturated carbocycles. The second-order valence-electron chi connectivity index (χ2n) is 9.42. The fraction of sp³-hybridized carbons (Fsp3) is 0.519. The molecule has 1 aliphatic carbocycles. The van der Waals surface area contributed by atoms with Crippen LogP contribution in [0.25, 0.3) is 0 Å². The maximum Gasteiger partial charge on any atom is 0.242 e. The van der Waals surface area contributed by atoms with Gasteiger partial charge in [-0.05, 0) is 57.2 Å². The Morgan fingerprint density at radius 1 is 1.23 bits per heavy atom. The van der Waals surface area contributed by atoms with Crippen molar-refractivity contribution in [2.45, 2.75) is 65.2 Å². The lowest BCUT2D eigenvalue weighted by Gasteiger charge is -2.25. The second-order valence-corrected chi connectivity index (χ2v) is 9.42. The molecular formula is C27H35N3O5. The number of amides is 2. The summed E-state index contributed by atoms with van der Waals surface area (Å²) in [6, 6.07) is 7.69. The molecule has 2 aromatic rings. The van der Waals surface area contributed by atoms with E-state index in [4.69, 9.17) is 14.0 Å². The molecule has 1 aromatic carbocycles. The molecule has 1 atom stereocenters. The van der Waals surface area contributed by atoms with Gasteiger partial charge in [0.25, 0.3) is 0 Å². The molecule has 1 aromatic heterocycles. The molecule has 0 bridgehead atoms. The van der Waals surface area contributed by atoms with E-state index in [0.29, 0.717) is 32.7 Å². The highest BCUT2D eigenvalue weighted by atomic mass is 16.5. The topological polar surface area (TPSA) is 85.1 Å². The molecule has 35 heavy (non-hydrogen) atoms. The predicted molar refractivity (Wildman–Crippen MR) is 131 cm³/mol. The van der Waals surface area contributed by atoms with Gasteiger partial charge in [0.05, 0.1) is 32.1 Å². The molecule has 1 saturated heterocycles. The summed E-state index contributed by atoms with van der Waals surface area (Å²) < 4.78 is 16.9. The van der Waals surface area contributed by atoms with Gasteiger partial charge in [0, 0.05) is 31.6 Å². The van der Waals surface area contributed by atoms with Crippen molar-refractivity contribution in [3.8, 4) is 5.75 Å². The van der Waals surface area contributed by atoms with E-state index in [2.05, 4.69) is 11.2 Å². The first-order valence-electron chi connectivity index (χ1n) is 12.3. The first-order chi connectivity index (χ1) is 16.9. The van der Waals surface area contributed by atoms with Crippen molar-refractivity contribution in [2.24, 2.45) is 0 Å². The van der Waals surface area contributed by atoms with Gasteiger partial charge < -0.3 is 23.8 Å². The van der Waals surface area contributed by atoms with Crippen molar-refractivity contribution in [3.05, 3.63) is 58.5 Å². The fourth-order valence-corrected chi connectivity index (χ4v) is 4.70. The maximum atomic E-state index is 13.3. The third-order valence-electron chi connectivity index (χ3n) is 6.80. The largest absolute Gasteiger partial charge is 0.497 e. The minimum Gasteiger partial charge on any atom is -0.497 e. The molecule has 2 amide bonds. The first kappa shape index (κ1) is 25.0. The standard InChI is InChI=1S/C27H35N3O5/c1-19-25(20(2)35-28-19)18-34-24-15-29(14-22-10-7-11-23(12-22)33-3)27(32)17-30(16-24)26(31)13-21-8-5-4-6-9-21/h7-8,10-12,24H,4-6,9,13-18H2,1-3H3. The molecule has 8 heteroatoms. The van der Waals surface area contributed by atoms with Crippen LogP contribution in [0, 0.1) is 13.8 Å². The van der Waals surface area contributed by atoms with Gasteiger partial charge in [-0.1, -0.05) is 28.9 Å². The zero-order valence-corrected chi connectivity index (χ0v) is 20.9. The first-order valence-corrected chi connectivity index (χ1v) is 12.3. The summed E-state index contributed by atoms with van der Waals surface area (Å²) in [5.74, 6) is 1.37. The molecule has 0 spiro atoms. The van der Waals surface area contributed by atoms with Crippen LogP contribution >= 0.6 is 0 Å². The van der Waals surface area contributed by atoms with Crippen molar-refractivity contribution in [3.63, 3.8) is 0 Å². The Hall–Kier alpha value is -3.13. The Morgan fingerprint density at radius 3 is 2.80 bits per heavy atom. The highest BCUT2D eigenvalue weighted by Crippen LogP contribution is 2.23. The molecule has 2 heterocycles. The lowest BCUT2D eigenvalue weighted by Crippen LogP contribution is -2.39. The Kier molecular flexibility index (Phi) is 8.23. The van der Waals surface area contributed by atoms with Crippen molar-refractivity contribution in [1.29, 1.82) is 0 Å². The second kappa shape index (κ2) is 11.5. The van der Waals surface area contributed by atoms with Crippen LogP contribution in [0.5, 0.6) is 5.75 Å². The van der Waals surface area contributed by atoms with Gasteiger partial charge in [-0.25, -0.2) is 0 Å². The molecular weight excluding hydrogens is 446 g/mol. The average molecular weight is 482 g/mol. The van der Waals surface area contributed by atoms with E-state index < -0.39 is 0 Å². The quantitative estimate of drug-likeness (QED) is 0.531. The van der Waals surface area contributed by atoms with Crippen LogP contribution in [0.4, 0.5) is 0 Å². The third-order valence-corrected chi connectivity index (χ3v) is 6.80. The maximum absolute atomic E-state index is 13.3. The lowest BCUT2D eigenvalue weighted by molar-refractivity contribution is -0.138. The number of methoxy groups -OCH3 is 1. The average Bonchev–Trinajstić information content (AvgIpc) is 3.09. The van der Waals surface area contributed by atoms with Gasteiger partial charge in [-0.2, -0.15) is 0 Å². The van der Waals surface area contributed by atoms with Gasteiger partial charge in [0.2, 0.25) is 11.8 Å². The van der Waals surface area contributed by atoms with Crippen LogP contribution in [0.2, 0.25) is 0 Å². The molecule has 188 valence electrons. The summed E-state index contributed by atoms with van der Waals surface area (Å²) in [4.78, 5) is 29.9. The van der Waals surface area contributed by atoms with Gasteiger partial charge >= 0.3 is 0 Å². The number of carbonyl (C=O) groups is 2. The zero-order chi connectivity index (χ0) is 24.8. The van der Waals surface area contributed by atoms with E-state index >= 15 is 0 Å². The monoisotopic (exact) mass is 481 g/mol. The minimum absolute atomic E-state index is 0.0133. The summed E-state index contributed by atoms with van der Waals surface area (Å²) in [6.07, 6.45) is 6.51. The molecule has 1 fully saturated rings. The Morgan fingerprint density at radius 2 is 2.09 bits per heavy atom. The molecule has 1 aliphatic heterocycles. The third kappa shape index (κ3) is 6.51. The number of aromatic nitrogens is 1. The number of hydrogen-bond acceptors (Lipinski definition) is 6. The summed E-state index contributed by atoms with van der Waals surface area (Å²) in [5, 5.41) is 4.00. The van der Waals surface area contributed by atoms with Crippen LogP contribution in [-0.4, -0.2) is 59.6 Å². The highest BCUT2D eigenvalue weighted by Gasteiger charge is 2.31. The van der Waals surface area contributed by atoms with Crippen molar-refractivity contribution in [2.75, 3.05) is 26.7 Å². The molecule has 8 nitrogen and oxygen atoms in total. The number of benzene rings is 1. The van der Waals surface area contributed by atoms with Crippen LogP contribution in [0.3, 0.4) is 0 Å². The molecule has 2 aliphatic rings. The van der Waals surface area contributed by atoms with Gasteiger partial charge in [0.1, 0.15) is 11.5 Å². The van der Waals surface area contributed by atoms with Crippen LogP contribution < -0.4 is 4.74 Å². The number of hydrogen-bond donors (Lipinski definition) is 0. The van der Waals surface area contributed by atoms with Gasteiger partial charge in [-0.15, -0.1) is 0 Å². The van der Waals surface area contributed by atoms with E-state index in [-0.39, 0.29) is 24.5 Å². The Labute approximate surface area is 206 Å². The minimum atomic E-state index is -0.329. The summed E-state index contributed by atoms with van der Waals surface area (Å²) in [7, 11) is 1.63. The van der Waals surface area contributed by atoms with Crippen molar-refractivity contribution in [1.82, 2.24) is 15.0 Å². The number of aryl methyl sites for hydroxylation is 2. The van der Waals surface area contributed by atoms with Crippen LogP contribution in [-0.2, 0) is 27.5 Å². The molecule has 4 rings (SSSR count). The molecule has 0 radical (unpaired) electrons. The molecule has 1 unspecified atom stereocenters. The van der Waals surface area contributed by atoms with Crippen LogP contribution in [0.1, 0.15) is 54.7 Å². The SMILES string of the molecule is COc1cccc(CN2CC(OCc3c(C)noc3C)CN(C(=O)CC3=CCCCC3)CC2=O)c1. The zero-order valence-electron chi connectivity index (χ0n) is 20.9. The highest BCUT2D eigenvalue weighted by molar-refractivity contribution is 5.86. The number of allylic oxidation sites excluding steroid dienone is 1. The number of carbonyl (C=O) groups excluding carboxylic acids is 2. The van der Waals surface area contributed by atoms with Crippen LogP contribution in [0.15, 0.2) is 40.4 Å². The summed E-state index contributed by atoms with van der Waals surface area (Å²) in [5.41, 5.74) is 3.84. The van der Waals surface area contributed by atoms with E-state index in [0.717, 1.165) is 47.6 Å². The summed E-state index contributed by atoms with van der Waals surface area (Å²) in [6.45, 7) is 5.31. The fourth-order valence-electron chi connectivity index (χ4n) is 4.70. The number of nitrogens with zero attached hydrogens (tertiary/aromatic N) is 3. The lowest BCUT2D eigenvalue weighted by atomic mass is 9.97. The van der Waals surface area contributed by atoms with Gasteiger partial charge in [0.15, 0.2) is 0 Å². The smallest absolute Gasteiger partial charge is 0.242 e. The predicted octanol–water partition coefficient (Wildman–Crippen LogP) is 3.95. The summed E-state index contributed by atoms with van der Waals surface area (Å²) >= 11 is 0. The molecule has 0 N–H and O–H groups in total. The van der Waals surface area contributed by atoms with Gasteiger partial charge in [-0.3, -0.25) is 9.59 Å². The number of ether oxygens (including phenoxy) is 2. The Balaban J connectivity index is 1.50. The van der Waals surface area contributed by atoms with Crippen molar-refractivity contribution >= 4 is 11.8 Å². The van der Waals surface area contributed by atoms with Crippen molar-refractivity contribution < 1.29 is 23.6 Å². The van der Waals surface area contributed by atoms with E-state index in [1.807, 2.05) is 38.1 Å². The Bertz CT molecular complexity index is 1060. The number of rotatable bonds is 8. The van der Waals surface area contributed by atoms with E-state index in [1.54, 1.807) is 16.9 Å². The van der Waals surface area contributed by atoms with E-state index in [9.17, 15) is 9.59 Å². The normalized spacial score (nSPS) is 18.9.